The molecular formula is C14H21Cl3N3Pd-. The van der Waals surface area contributed by atoms with Crippen molar-refractivity contribution >= 4 is 36.4 Å². The number of nitrogens with zero attached hydrogens (tertiary/aromatic N) is 3. The van der Waals surface area contributed by atoms with Crippen LogP contribution in [0, 0.1) is 10.1 Å². The number of halogens is 3. The van der Waals surface area contributed by atoms with E-state index in [1.54, 1.807) is 18.3 Å². The topological polar surface area (TPSA) is 22.8 Å². The van der Waals surface area contributed by atoms with E-state index in [4.69, 9.17) is 11.6 Å². The third-order valence-corrected chi connectivity index (χ3v) is 3.48. The van der Waals surface area contributed by atoms with Gasteiger partial charge in [0.2, 0.25) is 0 Å². The van der Waals surface area contributed by atoms with Gasteiger partial charge in [0.1, 0.15) is 0 Å². The van der Waals surface area contributed by atoms with Gasteiger partial charge in [-0.2, -0.15) is 6.07 Å². The Morgan fingerprint density at radius 3 is 1.76 bits per heavy atom. The van der Waals surface area contributed by atoms with Crippen LogP contribution in [0.4, 0.5) is 0 Å². The van der Waals surface area contributed by atoms with E-state index in [1.165, 1.54) is 3.89 Å². The Kier molecular flexibility index (Phi) is 12.6. The molecule has 124 valence electrons. The van der Waals surface area contributed by atoms with E-state index < -0.39 is 0 Å². The number of hydrogen-bond donors (Lipinski definition) is 0. The number of hydrogen-bond acceptors (Lipinski definition) is 1. The molecule has 0 aliphatic heterocycles. The number of rotatable bonds is 2. The molecule has 0 amide bonds. The van der Waals surface area contributed by atoms with E-state index in [1.807, 2.05) is 0 Å². The molecule has 2 aromatic heterocycles. The first-order valence-corrected chi connectivity index (χ1v) is 7.31. The van der Waals surface area contributed by atoms with Crippen molar-refractivity contribution in [1.29, 1.82) is 0 Å². The van der Waals surface area contributed by atoms with E-state index in [2.05, 4.69) is 79.1 Å². The zero-order valence-corrected chi connectivity index (χ0v) is 16.3. The van der Waals surface area contributed by atoms with Crippen LogP contribution in [-0.4, -0.2) is 14.1 Å². The standard InChI is InChI=1S/C9H16N2.C5H3ClN.2ClH.Pd/c1-8(2)10-5-6-11(7-10)9(3)4;6-5-2-1-3-7-4-5;;;/h5-6,8-9H,1-4H3;1-3H;2*1H;/q;-1;;;. The molecule has 0 fully saturated rings. The summed E-state index contributed by atoms with van der Waals surface area (Å²) >= 11 is 8.72. The number of aromatic nitrogens is 3. The van der Waals surface area contributed by atoms with E-state index in [9.17, 15) is 0 Å². The first-order chi connectivity index (χ1) is 8.93. The Bertz CT molecular complexity index is 522. The summed E-state index contributed by atoms with van der Waals surface area (Å²) in [6, 6.07) is 4.54. The van der Waals surface area contributed by atoms with Crippen LogP contribution >= 0.6 is 36.4 Å². The maximum Gasteiger partial charge on any atom is -0.0535 e. The second-order valence-corrected chi connectivity index (χ2v) is 5.74. The molecule has 0 atom stereocenters. The van der Waals surface area contributed by atoms with Crippen molar-refractivity contribution in [3.63, 3.8) is 0 Å². The monoisotopic (exact) mass is 442 g/mol. The molecule has 3 nitrogen and oxygen atoms in total. The van der Waals surface area contributed by atoms with Crippen LogP contribution < -0.4 is 0 Å². The zero-order valence-electron chi connectivity index (χ0n) is 12.4. The average Bonchev–Trinajstić information content (AvgIpc) is 2.73. The normalized spacial score (nSPS) is 9.57. The van der Waals surface area contributed by atoms with Gasteiger partial charge in [0.15, 0.2) is 0 Å². The summed E-state index contributed by atoms with van der Waals surface area (Å²) in [5.74, 6) is 0. The molecule has 0 aliphatic rings. The van der Waals surface area contributed by atoms with Crippen molar-refractivity contribution in [2.75, 3.05) is 0 Å². The van der Waals surface area contributed by atoms with Crippen LogP contribution in [0.1, 0.15) is 39.8 Å². The summed E-state index contributed by atoms with van der Waals surface area (Å²) < 4.78 is 5.63. The van der Waals surface area contributed by atoms with E-state index in [0.717, 1.165) is 0 Å². The molecule has 0 unspecified atom stereocenters. The maximum absolute atomic E-state index is 5.42. The number of pyridine rings is 1. The molecule has 2 aromatic rings. The second-order valence-electron chi connectivity index (χ2n) is 4.64. The molecule has 7 heteroatoms. The second kappa shape index (κ2) is 11.5. The molecule has 2 heterocycles. The molecule has 2 rings (SSSR count). The first-order valence-electron chi connectivity index (χ1n) is 6.16. The third kappa shape index (κ3) is 7.63. The Hall–Kier alpha value is -0.108. The minimum absolute atomic E-state index is 0. The molecule has 0 bridgehead atoms. The summed E-state index contributed by atoms with van der Waals surface area (Å²) in [6.45, 7) is 8.73. The summed E-state index contributed by atoms with van der Waals surface area (Å²) in [7, 11) is 0. The van der Waals surface area contributed by atoms with Crippen LogP contribution in [0.25, 0.3) is 0 Å². The van der Waals surface area contributed by atoms with Gasteiger partial charge in [0, 0.05) is 0 Å². The fourth-order valence-electron chi connectivity index (χ4n) is 1.44. The average molecular weight is 444 g/mol. The molecule has 0 aliphatic carbocycles. The van der Waals surface area contributed by atoms with Gasteiger partial charge in [0.25, 0.3) is 0 Å². The molecular weight excluding hydrogens is 423 g/mol. The largest absolute Gasteiger partial charge is 0.393 e. The summed E-state index contributed by atoms with van der Waals surface area (Å²) in [5, 5.41) is 0.558. The zero-order chi connectivity index (χ0) is 14.4. The molecule has 0 aromatic carbocycles. The Morgan fingerprint density at radius 1 is 1.10 bits per heavy atom. The van der Waals surface area contributed by atoms with Crippen molar-refractivity contribution < 1.29 is 18.7 Å². The van der Waals surface area contributed by atoms with Crippen molar-refractivity contribution in [2.24, 2.45) is 0 Å². The Balaban J connectivity index is 0. The third-order valence-electron chi connectivity index (χ3n) is 2.47. The number of imidazole rings is 1. The molecule has 0 N–H and O–H groups in total. The first kappa shape index (κ1) is 23.2. The van der Waals surface area contributed by atoms with Crippen molar-refractivity contribution in [3.8, 4) is 0 Å². The SMILES string of the molecule is CC(C)n1ccn(C(C)C)[c]1=[Pd].Cl.Cl.Clc1[c-]nccc1. The molecule has 0 saturated carbocycles. The summed E-state index contributed by atoms with van der Waals surface area (Å²) in [6.07, 6.45) is 8.41. The fourth-order valence-corrected chi connectivity index (χ4v) is 2.59. The smallest absolute Gasteiger partial charge is 0.0535 e. The van der Waals surface area contributed by atoms with Crippen molar-refractivity contribution in [1.82, 2.24) is 14.1 Å². The van der Waals surface area contributed by atoms with Crippen LogP contribution in [0.2, 0.25) is 5.02 Å². The van der Waals surface area contributed by atoms with E-state index in [-0.39, 0.29) is 24.8 Å². The van der Waals surface area contributed by atoms with Gasteiger partial charge in [-0.05, 0) is 0 Å². The van der Waals surface area contributed by atoms with Crippen LogP contribution in [-0.2, 0) is 18.7 Å². The van der Waals surface area contributed by atoms with Crippen LogP contribution in [0.5, 0.6) is 0 Å². The van der Waals surface area contributed by atoms with Gasteiger partial charge in [-0.3, -0.25) is 0 Å². The van der Waals surface area contributed by atoms with Gasteiger partial charge >= 0.3 is 83.9 Å². The maximum atomic E-state index is 5.42. The van der Waals surface area contributed by atoms with Crippen molar-refractivity contribution in [2.45, 2.75) is 39.8 Å². The molecule has 0 radical (unpaired) electrons. The predicted octanol–water partition coefficient (Wildman–Crippen LogP) is 4.91. The van der Waals surface area contributed by atoms with Gasteiger partial charge < -0.3 is 4.98 Å². The minimum atomic E-state index is 0. The summed E-state index contributed by atoms with van der Waals surface area (Å²) in [4.78, 5) is 3.63. The molecule has 0 saturated heterocycles. The molecule has 21 heavy (non-hydrogen) atoms. The van der Waals surface area contributed by atoms with Gasteiger partial charge in [-0.25, -0.2) is 0 Å². The van der Waals surface area contributed by atoms with Gasteiger partial charge in [-0.15, -0.1) is 42.5 Å². The Labute approximate surface area is 154 Å². The van der Waals surface area contributed by atoms with E-state index >= 15 is 0 Å². The van der Waals surface area contributed by atoms with Gasteiger partial charge in [0.05, 0.1) is 0 Å². The quantitative estimate of drug-likeness (QED) is 0.477. The Morgan fingerprint density at radius 2 is 1.57 bits per heavy atom. The minimum Gasteiger partial charge on any atom is -0.393 e. The van der Waals surface area contributed by atoms with Gasteiger partial charge in [-0.1, -0.05) is 17.4 Å². The van der Waals surface area contributed by atoms with E-state index in [0.29, 0.717) is 17.1 Å². The predicted molar refractivity (Wildman–Crippen MR) is 89.0 cm³/mol. The van der Waals surface area contributed by atoms with Crippen molar-refractivity contribution in [3.05, 3.63) is 45.8 Å². The molecule has 0 spiro atoms. The fraction of sp³-hybridized carbons (Fsp3) is 0.429. The summed E-state index contributed by atoms with van der Waals surface area (Å²) in [5.41, 5.74) is 0. The van der Waals surface area contributed by atoms with Crippen LogP contribution in [0.15, 0.2) is 30.7 Å². The van der Waals surface area contributed by atoms with Crippen LogP contribution in [0.3, 0.4) is 0 Å².